The van der Waals surface area contributed by atoms with Crippen LogP contribution in [0.3, 0.4) is 0 Å². The lowest BCUT2D eigenvalue weighted by molar-refractivity contribution is -0.113. The maximum absolute atomic E-state index is 13.2. The van der Waals surface area contributed by atoms with E-state index in [-0.39, 0.29) is 17.2 Å². The standard InChI is InChI=1S/C24H18ClN3O4S/c1-32-23(31)15-6-10-17(11-7-15)26-21(29)14-33-24-27-20-5-3-2-4-19(20)22(30)28(24)18-12-8-16(25)9-13-18/h2-13H,14H2,1H3,(H,26,29). The van der Waals surface area contributed by atoms with Crippen molar-refractivity contribution < 1.29 is 14.3 Å². The third kappa shape index (κ3) is 5.08. The topological polar surface area (TPSA) is 90.3 Å². The molecule has 0 aliphatic rings. The SMILES string of the molecule is COC(=O)c1ccc(NC(=O)CSc2nc3ccccc3c(=O)n2-c2ccc(Cl)cc2)cc1. The van der Waals surface area contributed by atoms with Crippen LogP contribution in [-0.2, 0) is 9.53 Å². The fourth-order valence-corrected chi connectivity index (χ4v) is 4.10. The lowest BCUT2D eigenvalue weighted by Gasteiger charge is -2.13. The summed E-state index contributed by atoms with van der Waals surface area (Å²) in [4.78, 5) is 41.9. The lowest BCUT2D eigenvalue weighted by atomic mass is 10.2. The molecule has 0 unspecified atom stereocenters. The predicted molar refractivity (Wildman–Crippen MR) is 129 cm³/mol. The number of esters is 1. The summed E-state index contributed by atoms with van der Waals surface area (Å²) in [5, 5.41) is 4.18. The molecule has 4 rings (SSSR count). The third-order valence-corrected chi connectivity index (χ3v) is 5.94. The zero-order chi connectivity index (χ0) is 23.4. The van der Waals surface area contributed by atoms with Gasteiger partial charge in [0.15, 0.2) is 5.16 Å². The number of amides is 1. The van der Waals surface area contributed by atoms with Gasteiger partial charge in [-0.25, -0.2) is 9.78 Å². The van der Waals surface area contributed by atoms with Crippen molar-refractivity contribution in [2.75, 3.05) is 18.2 Å². The highest BCUT2D eigenvalue weighted by atomic mass is 35.5. The summed E-state index contributed by atoms with van der Waals surface area (Å²) in [5.74, 6) is -0.709. The van der Waals surface area contributed by atoms with Gasteiger partial charge in [0.25, 0.3) is 5.56 Å². The second kappa shape index (κ2) is 9.89. The number of carbonyl (C=O) groups is 2. The minimum absolute atomic E-state index is 0.0249. The zero-order valence-electron chi connectivity index (χ0n) is 17.4. The third-order valence-electron chi connectivity index (χ3n) is 4.75. The van der Waals surface area contributed by atoms with Gasteiger partial charge in [0.1, 0.15) is 0 Å². The highest BCUT2D eigenvalue weighted by Crippen LogP contribution is 2.23. The summed E-state index contributed by atoms with van der Waals surface area (Å²) in [7, 11) is 1.31. The molecule has 7 nitrogen and oxygen atoms in total. The molecule has 0 fully saturated rings. The van der Waals surface area contributed by atoms with Crippen LogP contribution in [0.15, 0.2) is 82.7 Å². The summed E-state index contributed by atoms with van der Waals surface area (Å²) >= 11 is 7.15. The molecule has 9 heteroatoms. The van der Waals surface area contributed by atoms with Gasteiger partial charge in [-0.1, -0.05) is 35.5 Å². The number of rotatable bonds is 6. The maximum atomic E-state index is 13.2. The fourth-order valence-electron chi connectivity index (χ4n) is 3.16. The predicted octanol–water partition coefficient (Wildman–Crippen LogP) is 4.56. The van der Waals surface area contributed by atoms with Crippen molar-refractivity contribution in [1.82, 2.24) is 9.55 Å². The second-order valence-corrected chi connectivity index (χ2v) is 8.31. The van der Waals surface area contributed by atoms with Crippen LogP contribution in [0.2, 0.25) is 5.02 Å². The number of benzene rings is 3. The first-order valence-electron chi connectivity index (χ1n) is 9.85. The number of fused-ring (bicyclic) bond motifs is 1. The number of hydrogen-bond acceptors (Lipinski definition) is 6. The van der Waals surface area contributed by atoms with Crippen molar-refractivity contribution in [1.29, 1.82) is 0 Å². The first kappa shape index (κ1) is 22.6. The molecule has 1 amide bonds. The summed E-state index contributed by atoms with van der Waals surface area (Å²) in [6.45, 7) is 0. The van der Waals surface area contributed by atoms with Crippen LogP contribution < -0.4 is 10.9 Å². The van der Waals surface area contributed by atoms with Gasteiger partial charge in [-0.15, -0.1) is 0 Å². The number of methoxy groups -OCH3 is 1. The van der Waals surface area contributed by atoms with Crippen LogP contribution in [0.25, 0.3) is 16.6 Å². The maximum Gasteiger partial charge on any atom is 0.337 e. The Morgan fingerprint density at radius 2 is 1.73 bits per heavy atom. The van der Waals surface area contributed by atoms with E-state index < -0.39 is 5.97 Å². The Hall–Kier alpha value is -3.62. The number of aromatic nitrogens is 2. The van der Waals surface area contributed by atoms with E-state index in [4.69, 9.17) is 11.6 Å². The Balaban J connectivity index is 1.58. The van der Waals surface area contributed by atoms with E-state index in [1.807, 2.05) is 0 Å². The number of thioether (sulfide) groups is 1. The smallest absolute Gasteiger partial charge is 0.337 e. The fraction of sp³-hybridized carbons (Fsp3) is 0.0833. The summed E-state index contributed by atoms with van der Waals surface area (Å²) in [5.41, 5.74) is 1.84. The molecule has 0 aliphatic carbocycles. The molecule has 166 valence electrons. The zero-order valence-corrected chi connectivity index (χ0v) is 19.0. The van der Waals surface area contributed by atoms with Crippen LogP contribution in [0, 0.1) is 0 Å². The molecule has 1 N–H and O–H groups in total. The number of para-hydroxylation sites is 1. The van der Waals surface area contributed by atoms with Gasteiger partial charge < -0.3 is 10.1 Å². The minimum atomic E-state index is -0.453. The molecule has 0 aliphatic heterocycles. The van der Waals surface area contributed by atoms with Crippen LogP contribution in [0.4, 0.5) is 5.69 Å². The van der Waals surface area contributed by atoms with Gasteiger partial charge in [-0.2, -0.15) is 0 Å². The monoisotopic (exact) mass is 479 g/mol. The van der Waals surface area contributed by atoms with Crippen LogP contribution in [0.5, 0.6) is 0 Å². The molecule has 0 saturated carbocycles. The molecule has 0 radical (unpaired) electrons. The van der Waals surface area contributed by atoms with Gasteiger partial charge in [0, 0.05) is 10.7 Å². The van der Waals surface area contributed by atoms with Crippen LogP contribution >= 0.6 is 23.4 Å². The summed E-state index contributed by atoms with van der Waals surface area (Å²) in [6.07, 6.45) is 0. The Kier molecular flexibility index (Phi) is 6.76. The lowest BCUT2D eigenvalue weighted by Crippen LogP contribution is -2.23. The summed E-state index contributed by atoms with van der Waals surface area (Å²) < 4.78 is 6.14. The van der Waals surface area contributed by atoms with Crippen molar-refractivity contribution in [2.45, 2.75) is 5.16 Å². The van der Waals surface area contributed by atoms with E-state index in [0.29, 0.717) is 38.0 Å². The van der Waals surface area contributed by atoms with E-state index in [1.54, 1.807) is 72.8 Å². The van der Waals surface area contributed by atoms with Crippen molar-refractivity contribution in [2.24, 2.45) is 0 Å². The quantitative estimate of drug-likeness (QED) is 0.248. The van der Waals surface area contributed by atoms with E-state index in [1.165, 1.54) is 11.7 Å². The highest BCUT2D eigenvalue weighted by Gasteiger charge is 2.15. The van der Waals surface area contributed by atoms with E-state index in [2.05, 4.69) is 15.0 Å². The molecule has 4 aromatic rings. The largest absolute Gasteiger partial charge is 0.465 e. The normalized spacial score (nSPS) is 10.7. The minimum Gasteiger partial charge on any atom is -0.465 e. The van der Waals surface area contributed by atoms with Crippen molar-refractivity contribution in [3.8, 4) is 5.69 Å². The Morgan fingerprint density at radius 3 is 2.42 bits per heavy atom. The van der Waals surface area contributed by atoms with Gasteiger partial charge in [-0.3, -0.25) is 14.2 Å². The molecule has 33 heavy (non-hydrogen) atoms. The van der Waals surface area contributed by atoms with Gasteiger partial charge in [0.05, 0.1) is 35.0 Å². The first-order valence-corrected chi connectivity index (χ1v) is 11.2. The van der Waals surface area contributed by atoms with E-state index in [0.717, 1.165) is 11.8 Å². The number of ether oxygens (including phenoxy) is 1. The molecule has 0 saturated heterocycles. The van der Waals surface area contributed by atoms with E-state index >= 15 is 0 Å². The van der Waals surface area contributed by atoms with Gasteiger partial charge in [-0.05, 0) is 60.7 Å². The molecular formula is C24H18ClN3O4S. The number of carbonyl (C=O) groups excluding carboxylic acids is 2. The Morgan fingerprint density at radius 1 is 1.03 bits per heavy atom. The number of nitrogens with zero attached hydrogens (tertiary/aromatic N) is 2. The average Bonchev–Trinajstić information content (AvgIpc) is 2.83. The van der Waals surface area contributed by atoms with Crippen molar-refractivity contribution in [3.63, 3.8) is 0 Å². The number of anilines is 1. The molecule has 1 aromatic heterocycles. The Bertz CT molecular complexity index is 1390. The molecular weight excluding hydrogens is 462 g/mol. The van der Waals surface area contributed by atoms with Gasteiger partial charge in [0.2, 0.25) is 5.91 Å². The molecule has 0 atom stereocenters. The van der Waals surface area contributed by atoms with Gasteiger partial charge >= 0.3 is 5.97 Å². The number of nitrogens with one attached hydrogen (secondary N) is 1. The van der Waals surface area contributed by atoms with E-state index in [9.17, 15) is 14.4 Å². The number of hydrogen-bond donors (Lipinski definition) is 1. The van der Waals surface area contributed by atoms with Crippen molar-refractivity contribution in [3.05, 3.63) is 93.7 Å². The molecule has 1 heterocycles. The highest BCUT2D eigenvalue weighted by molar-refractivity contribution is 7.99. The molecule has 0 bridgehead atoms. The molecule has 3 aromatic carbocycles. The second-order valence-electron chi connectivity index (χ2n) is 6.93. The van der Waals surface area contributed by atoms with Crippen LogP contribution in [0.1, 0.15) is 10.4 Å². The molecule has 0 spiro atoms. The summed E-state index contributed by atoms with van der Waals surface area (Å²) in [6, 6.07) is 20.3. The van der Waals surface area contributed by atoms with Crippen LogP contribution in [-0.4, -0.2) is 34.3 Å². The number of halogens is 1. The first-order chi connectivity index (χ1) is 16.0. The average molecular weight is 480 g/mol. The van der Waals surface area contributed by atoms with Crippen molar-refractivity contribution >= 4 is 51.8 Å². The Labute approximate surface area is 198 Å².